The van der Waals surface area contributed by atoms with E-state index in [0.717, 1.165) is 17.8 Å². The number of benzene rings is 1. The number of carbonyl (C=O) groups is 1. The van der Waals surface area contributed by atoms with E-state index in [1.165, 1.54) is 13.0 Å². The van der Waals surface area contributed by atoms with Crippen LogP contribution in [0.4, 0.5) is 13.2 Å². The second kappa shape index (κ2) is 9.28. The normalized spacial score (nSPS) is 10.9. The first-order valence-corrected chi connectivity index (χ1v) is 8.86. The van der Waals surface area contributed by atoms with Gasteiger partial charge in [0.2, 0.25) is 5.91 Å². The van der Waals surface area contributed by atoms with Gasteiger partial charge in [-0.25, -0.2) is 4.98 Å². The molecule has 0 spiro atoms. The van der Waals surface area contributed by atoms with Crippen LogP contribution in [0.25, 0.3) is 0 Å². The van der Waals surface area contributed by atoms with E-state index in [1.807, 2.05) is 18.2 Å². The van der Waals surface area contributed by atoms with Crippen LogP contribution in [0.3, 0.4) is 0 Å². The maximum Gasteiger partial charge on any atom is 0.417 e. The molecule has 0 saturated heterocycles. The lowest BCUT2D eigenvalue weighted by atomic mass is 10.1. The van der Waals surface area contributed by atoms with Crippen molar-refractivity contribution in [2.24, 2.45) is 0 Å². The Labute approximate surface area is 158 Å². The van der Waals surface area contributed by atoms with E-state index in [0.29, 0.717) is 5.75 Å². The number of nitrogens with zero attached hydrogens (tertiary/aromatic N) is 2. The maximum absolute atomic E-state index is 13.1. The van der Waals surface area contributed by atoms with E-state index in [1.54, 1.807) is 12.1 Å². The molecule has 0 fully saturated rings. The number of thioether (sulfide) groups is 1. The molecule has 27 heavy (non-hydrogen) atoms. The fraction of sp³-hybridized carbons (Fsp3) is 0.278. The molecule has 0 aliphatic carbocycles. The van der Waals surface area contributed by atoms with Gasteiger partial charge in [-0.15, -0.1) is 0 Å². The molecule has 2 rings (SSSR count). The van der Waals surface area contributed by atoms with E-state index in [4.69, 9.17) is 10.00 Å². The fourth-order valence-corrected chi connectivity index (χ4v) is 3.02. The molecule has 2 aromatic rings. The van der Waals surface area contributed by atoms with E-state index in [-0.39, 0.29) is 29.6 Å². The quantitative estimate of drug-likeness (QED) is 0.573. The SMILES string of the molecule is Cc1cc(C(F)(F)F)c(C#N)c(SCC(=O)NCCOc2ccccc2)n1. The first kappa shape index (κ1) is 20.6. The molecule has 0 saturated carbocycles. The molecule has 0 unspecified atom stereocenters. The topological polar surface area (TPSA) is 75.0 Å². The maximum atomic E-state index is 13.1. The van der Waals surface area contributed by atoms with Crippen molar-refractivity contribution in [2.45, 2.75) is 18.1 Å². The van der Waals surface area contributed by atoms with Crippen LogP contribution in [-0.4, -0.2) is 29.8 Å². The average molecular weight is 395 g/mol. The number of rotatable bonds is 7. The highest BCUT2D eigenvalue weighted by Gasteiger charge is 2.35. The van der Waals surface area contributed by atoms with Gasteiger partial charge in [-0.2, -0.15) is 18.4 Å². The third-order valence-electron chi connectivity index (χ3n) is 3.31. The summed E-state index contributed by atoms with van der Waals surface area (Å²) in [5, 5.41) is 11.6. The van der Waals surface area contributed by atoms with Crippen molar-refractivity contribution in [2.75, 3.05) is 18.9 Å². The molecule has 1 N–H and O–H groups in total. The third kappa shape index (κ3) is 6.18. The monoisotopic (exact) mass is 395 g/mol. The van der Waals surface area contributed by atoms with Crippen molar-refractivity contribution in [3.63, 3.8) is 0 Å². The summed E-state index contributed by atoms with van der Waals surface area (Å²) in [6.07, 6.45) is -4.66. The van der Waals surface area contributed by atoms with E-state index < -0.39 is 23.2 Å². The second-order valence-electron chi connectivity index (χ2n) is 5.40. The van der Waals surface area contributed by atoms with E-state index in [9.17, 15) is 18.0 Å². The number of aromatic nitrogens is 1. The molecule has 142 valence electrons. The lowest BCUT2D eigenvalue weighted by Gasteiger charge is -2.12. The zero-order chi connectivity index (χ0) is 19.9. The third-order valence-corrected chi connectivity index (χ3v) is 4.28. The largest absolute Gasteiger partial charge is 0.492 e. The van der Waals surface area contributed by atoms with Gasteiger partial charge >= 0.3 is 6.18 Å². The first-order valence-electron chi connectivity index (χ1n) is 7.87. The molecule has 1 aromatic heterocycles. The molecule has 5 nitrogen and oxygen atoms in total. The molecule has 0 bridgehead atoms. The number of nitriles is 1. The Hall–Kier alpha value is -2.73. The molecule has 0 radical (unpaired) electrons. The van der Waals surface area contributed by atoms with Gasteiger partial charge < -0.3 is 10.1 Å². The molecule has 0 aliphatic rings. The highest BCUT2D eigenvalue weighted by molar-refractivity contribution is 8.00. The lowest BCUT2D eigenvalue weighted by Crippen LogP contribution is -2.29. The van der Waals surface area contributed by atoms with Crippen LogP contribution in [0.2, 0.25) is 0 Å². The van der Waals surface area contributed by atoms with Crippen LogP contribution < -0.4 is 10.1 Å². The number of alkyl halides is 3. The Kier molecular flexibility index (Phi) is 7.07. The number of pyridine rings is 1. The van der Waals surface area contributed by atoms with Gasteiger partial charge in [-0.3, -0.25) is 4.79 Å². The number of halogens is 3. The van der Waals surface area contributed by atoms with Crippen molar-refractivity contribution >= 4 is 17.7 Å². The fourth-order valence-electron chi connectivity index (χ4n) is 2.14. The summed E-state index contributed by atoms with van der Waals surface area (Å²) in [5.74, 6) is 0.120. The average Bonchev–Trinajstić information content (AvgIpc) is 2.63. The predicted octanol–water partition coefficient (Wildman–Crippen LogP) is 3.57. The van der Waals surface area contributed by atoms with Gasteiger partial charge in [0.05, 0.1) is 23.4 Å². The Morgan fingerprint density at radius 3 is 2.67 bits per heavy atom. The number of aryl methyl sites for hydroxylation is 1. The first-order chi connectivity index (χ1) is 12.8. The summed E-state index contributed by atoms with van der Waals surface area (Å²) in [6.45, 7) is 1.90. The minimum atomic E-state index is -4.66. The molecule has 0 aliphatic heterocycles. The summed E-state index contributed by atoms with van der Waals surface area (Å²) in [4.78, 5) is 15.8. The van der Waals surface area contributed by atoms with Crippen molar-refractivity contribution in [1.29, 1.82) is 5.26 Å². The van der Waals surface area contributed by atoms with Gasteiger partial charge in [-0.1, -0.05) is 30.0 Å². The summed E-state index contributed by atoms with van der Waals surface area (Å²) >= 11 is 0.792. The second-order valence-corrected chi connectivity index (χ2v) is 6.37. The van der Waals surface area contributed by atoms with Crippen LogP contribution in [0.15, 0.2) is 41.4 Å². The van der Waals surface area contributed by atoms with Crippen molar-refractivity contribution in [3.8, 4) is 11.8 Å². The van der Waals surface area contributed by atoms with E-state index in [2.05, 4.69) is 10.3 Å². The standard InChI is InChI=1S/C18H16F3N3O2S/c1-12-9-15(18(19,20)21)14(10-22)17(24-12)27-11-16(25)23-7-8-26-13-5-3-2-4-6-13/h2-6,9H,7-8,11H2,1H3,(H,23,25). The summed E-state index contributed by atoms with van der Waals surface area (Å²) in [6, 6.07) is 11.4. The number of nitrogens with one attached hydrogen (secondary N) is 1. The number of amides is 1. The lowest BCUT2D eigenvalue weighted by molar-refractivity contribution is -0.138. The predicted molar refractivity (Wildman–Crippen MR) is 94.4 cm³/mol. The molecule has 1 heterocycles. The smallest absolute Gasteiger partial charge is 0.417 e. The van der Waals surface area contributed by atoms with Gasteiger partial charge in [0.25, 0.3) is 0 Å². The Morgan fingerprint density at radius 2 is 2.04 bits per heavy atom. The number of carbonyl (C=O) groups excluding carboxylic acids is 1. The van der Waals surface area contributed by atoms with Crippen LogP contribution >= 0.6 is 11.8 Å². The van der Waals surface area contributed by atoms with Crippen LogP contribution in [0.5, 0.6) is 5.75 Å². The minimum Gasteiger partial charge on any atom is -0.492 e. The van der Waals surface area contributed by atoms with Gasteiger partial charge in [0.15, 0.2) is 0 Å². The van der Waals surface area contributed by atoms with Crippen LogP contribution in [-0.2, 0) is 11.0 Å². The molecular weight excluding hydrogens is 379 g/mol. The summed E-state index contributed by atoms with van der Waals surface area (Å²) in [7, 11) is 0. The molecular formula is C18H16F3N3O2S. The molecule has 1 amide bonds. The number of para-hydroxylation sites is 1. The summed E-state index contributed by atoms with van der Waals surface area (Å²) < 4.78 is 44.6. The Bertz CT molecular complexity index is 836. The highest BCUT2D eigenvalue weighted by Crippen LogP contribution is 2.35. The zero-order valence-electron chi connectivity index (χ0n) is 14.3. The van der Waals surface area contributed by atoms with Crippen LogP contribution in [0, 0.1) is 18.3 Å². The molecule has 9 heteroatoms. The van der Waals surface area contributed by atoms with Crippen molar-refractivity contribution in [3.05, 3.63) is 53.2 Å². The van der Waals surface area contributed by atoms with Gasteiger partial charge in [0.1, 0.15) is 23.5 Å². The summed E-state index contributed by atoms with van der Waals surface area (Å²) in [5.41, 5.74) is -1.49. The Balaban J connectivity index is 1.89. The molecule has 0 atom stereocenters. The van der Waals surface area contributed by atoms with Crippen LogP contribution in [0.1, 0.15) is 16.8 Å². The van der Waals surface area contributed by atoms with E-state index >= 15 is 0 Å². The van der Waals surface area contributed by atoms with Crippen molar-refractivity contribution < 1.29 is 22.7 Å². The van der Waals surface area contributed by atoms with Crippen molar-refractivity contribution in [1.82, 2.24) is 10.3 Å². The van der Waals surface area contributed by atoms with Gasteiger partial charge in [0, 0.05) is 5.69 Å². The number of ether oxygens (including phenoxy) is 1. The zero-order valence-corrected chi connectivity index (χ0v) is 15.2. The molecule has 1 aromatic carbocycles. The minimum absolute atomic E-state index is 0.111. The highest BCUT2D eigenvalue weighted by atomic mass is 32.2. The Morgan fingerprint density at radius 1 is 1.33 bits per heavy atom. The van der Waals surface area contributed by atoms with Gasteiger partial charge in [-0.05, 0) is 25.1 Å². The number of hydrogen-bond donors (Lipinski definition) is 1. The number of hydrogen-bond acceptors (Lipinski definition) is 5.